The molecule has 3 nitrogen and oxygen atoms in total. The fourth-order valence-electron chi connectivity index (χ4n) is 3.12. The number of benzene rings is 1. The fraction of sp³-hybridized carbons (Fsp3) is 0.652. The van der Waals surface area contributed by atoms with E-state index in [0.717, 1.165) is 22.9 Å². The van der Waals surface area contributed by atoms with Gasteiger partial charge in [0.1, 0.15) is 0 Å². The number of unbranched alkanes of at least 4 members (excludes halogenated alkanes) is 12. The van der Waals surface area contributed by atoms with Crippen molar-refractivity contribution in [1.82, 2.24) is 5.43 Å². The minimum atomic E-state index is 0.00400. The molecular formula is C23H37BrN2O. The maximum absolute atomic E-state index is 11.8. The lowest BCUT2D eigenvalue weighted by atomic mass is 10.0. The summed E-state index contributed by atoms with van der Waals surface area (Å²) in [4.78, 5) is 11.8. The first-order chi connectivity index (χ1) is 13.2. The van der Waals surface area contributed by atoms with E-state index in [-0.39, 0.29) is 5.91 Å². The summed E-state index contributed by atoms with van der Waals surface area (Å²) in [5, 5.41) is 4.02. The van der Waals surface area contributed by atoms with Gasteiger partial charge in [-0.15, -0.1) is 0 Å². The Labute approximate surface area is 174 Å². The van der Waals surface area contributed by atoms with Gasteiger partial charge >= 0.3 is 0 Å². The highest BCUT2D eigenvalue weighted by molar-refractivity contribution is 9.10. The lowest BCUT2D eigenvalue weighted by molar-refractivity contribution is -0.121. The molecule has 0 aliphatic rings. The summed E-state index contributed by atoms with van der Waals surface area (Å²) >= 11 is 3.42. The number of carbonyl (C=O) groups is 1. The summed E-state index contributed by atoms with van der Waals surface area (Å²) in [6.07, 6.45) is 19.4. The number of nitrogens with one attached hydrogen (secondary N) is 1. The molecule has 0 atom stereocenters. The summed E-state index contributed by atoms with van der Waals surface area (Å²) < 4.78 is 1.00. The van der Waals surface area contributed by atoms with Crippen LogP contribution in [0.2, 0.25) is 0 Å². The Morgan fingerprint density at radius 1 is 0.926 bits per heavy atom. The molecule has 0 saturated carbocycles. The van der Waals surface area contributed by atoms with Gasteiger partial charge in [0.2, 0.25) is 5.91 Å². The summed E-state index contributed by atoms with van der Waals surface area (Å²) in [7, 11) is 0. The van der Waals surface area contributed by atoms with Gasteiger partial charge in [-0.25, -0.2) is 5.43 Å². The Hall–Kier alpha value is -1.16. The molecule has 0 unspecified atom stereocenters. The zero-order chi connectivity index (χ0) is 19.6. The van der Waals surface area contributed by atoms with Gasteiger partial charge in [-0.2, -0.15) is 5.10 Å². The zero-order valence-electron chi connectivity index (χ0n) is 17.0. The van der Waals surface area contributed by atoms with Crippen LogP contribution in [-0.2, 0) is 4.79 Å². The second-order valence-electron chi connectivity index (χ2n) is 7.34. The predicted molar refractivity (Wildman–Crippen MR) is 120 cm³/mol. The van der Waals surface area contributed by atoms with Crippen LogP contribution in [0.15, 0.2) is 33.8 Å². The van der Waals surface area contributed by atoms with Crippen LogP contribution in [0.5, 0.6) is 0 Å². The largest absolute Gasteiger partial charge is 0.273 e. The molecule has 0 aliphatic carbocycles. The van der Waals surface area contributed by atoms with E-state index >= 15 is 0 Å². The zero-order valence-corrected chi connectivity index (χ0v) is 18.6. The molecule has 1 aromatic carbocycles. The molecule has 152 valence electrons. The highest BCUT2D eigenvalue weighted by Gasteiger charge is 1.99. The molecule has 0 spiro atoms. The molecule has 1 amide bonds. The van der Waals surface area contributed by atoms with Gasteiger partial charge in [0, 0.05) is 10.9 Å². The number of hydrogen-bond donors (Lipinski definition) is 1. The number of carbonyl (C=O) groups excluding carboxylic acids is 1. The van der Waals surface area contributed by atoms with Gasteiger partial charge in [-0.3, -0.25) is 4.79 Å². The molecule has 0 bridgehead atoms. The minimum absolute atomic E-state index is 0.00400. The molecule has 0 aromatic heterocycles. The van der Waals surface area contributed by atoms with Crippen LogP contribution in [0.25, 0.3) is 0 Å². The predicted octanol–water partition coefficient (Wildman–Crippen LogP) is 7.38. The van der Waals surface area contributed by atoms with Crippen molar-refractivity contribution in [3.8, 4) is 0 Å². The lowest BCUT2D eigenvalue weighted by Gasteiger charge is -2.03. The number of hydrogen-bond acceptors (Lipinski definition) is 2. The van der Waals surface area contributed by atoms with E-state index in [2.05, 4.69) is 33.4 Å². The van der Waals surface area contributed by atoms with E-state index in [4.69, 9.17) is 0 Å². The van der Waals surface area contributed by atoms with Crippen molar-refractivity contribution in [2.45, 2.75) is 96.8 Å². The van der Waals surface area contributed by atoms with Crippen molar-refractivity contribution >= 4 is 28.1 Å². The van der Waals surface area contributed by atoms with Crippen LogP contribution < -0.4 is 5.43 Å². The SMILES string of the molecule is CCCCCCCCCCCCCCCC(=O)NN=Cc1cccc(Br)c1. The molecule has 1 aromatic rings. The van der Waals surface area contributed by atoms with Gasteiger partial charge in [0.25, 0.3) is 0 Å². The molecule has 0 radical (unpaired) electrons. The molecule has 1 rings (SSSR count). The maximum Gasteiger partial charge on any atom is 0.240 e. The highest BCUT2D eigenvalue weighted by atomic mass is 79.9. The van der Waals surface area contributed by atoms with E-state index in [0.29, 0.717) is 6.42 Å². The van der Waals surface area contributed by atoms with E-state index in [1.165, 1.54) is 70.6 Å². The van der Waals surface area contributed by atoms with Gasteiger partial charge in [0.15, 0.2) is 0 Å². The van der Waals surface area contributed by atoms with E-state index in [1.54, 1.807) is 6.21 Å². The number of rotatable bonds is 16. The van der Waals surface area contributed by atoms with Crippen molar-refractivity contribution in [3.05, 3.63) is 34.3 Å². The average molecular weight is 437 g/mol. The first-order valence-electron chi connectivity index (χ1n) is 10.8. The Morgan fingerprint density at radius 3 is 2.04 bits per heavy atom. The summed E-state index contributed by atoms with van der Waals surface area (Å²) in [6.45, 7) is 2.27. The second kappa shape index (κ2) is 17.0. The van der Waals surface area contributed by atoms with Crippen molar-refractivity contribution in [1.29, 1.82) is 0 Å². The Bertz CT molecular complexity index is 531. The Morgan fingerprint density at radius 2 is 1.48 bits per heavy atom. The van der Waals surface area contributed by atoms with Crippen LogP contribution in [0.4, 0.5) is 0 Å². The van der Waals surface area contributed by atoms with Crippen molar-refractivity contribution < 1.29 is 4.79 Å². The molecule has 4 heteroatoms. The van der Waals surface area contributed by atoms with Gasteiger partial charge in [0.05, 0.1) is 6.21 Å². The third kappa shape index (κ3) is 14.6. The fourth-order valence-corrected chi connectivity index (χ4v) is 3.54. The standard InChI is InChI=1S/C23H37BrN2O/c1-2-3-4-5-6-7-8-9-10-11-12-13-14-18-23(27)26-25-20-21-16-15-17-22(24)19-21/h15-17,19-20H,2-14,18H2,1H3,(H,26,27). The average Bonchev–Trinajstić information content (AvgIpc) is 2.65. The lowest BCUT2D eigenvalue weighted by Crippen LogP contribution is -2.16. The maximum atomic E-state index is 11.8. The molecule has 0 saturated heterocycles. The van der Waals surface area contributed by atoms with Crippen LogP contribution in [0.1, 0.15) is 102 Å². The van der Waals surface area contributed by atoms with E-state index < -0.39 is 0 Å². The number of amides is 1. The normalized spacial score (nSPS) is 11.2. The highest BCUT2D eigenvalue weighted by Crippen LogP contribution is 2.13. The Kier molecular flexibility index (Phi) is 15.0. The van der Waals surface area contributed by atoms with Crippen LogP contribution in [0, 0.1) is 0 Å². The summed E-state index contributed by atoms with van der Waals surface area (Å²) in [6, 6.07) is 7.82. The molecule has 1 N–H and O–H groups in total. The number of hydrazone groups is 1. The third-order valence-electron chi connectivity index (χ3n) is 4.76. The topological polar surface area (TPSA) is 41.5 Å². The van der Waals surface area contributed by atoms with Gasteiger partial charge in [-0.05, 0) is 24.1 Å². The molecule has 0 heterocycles. The first kappa shape index (κ1) is 23.9. The first-order valence-corrected chi connectivity index (χ1v) is 11.6. The van der Waals surface area contributed by atoms with Crippen LogP contribution >= 0.6 is 15.9 Å². The monoisotopic (exact) mass is 436 g/mol. The van der Waals surface area contributed by atoms with Gasteiger partial charge in [-0.1, -0.05) is 112 Å². The van der Waals surface area contributed by atoms with Crippen molar-refractivity contribution in [2.24, 2.45) is 5.10 Å². The Balaban J connectivity index is 1.88. The van der Waals surface area contributed by atoms with E-state index in [9.17, 15) is 4.79 Å². The minimum Gasteiger partial charge on any atom is -0.273 e. The van der Waals surface area contributed by atoms with Crippen molar-refractivity contribution in [2.75, 3.05) is 0 Å². The molecule has 27 heavy (non-hydrogen) atoms. The second-order valence-corrected chi connectivity index (χ2v) is 8.26. The van der Waals surface area contributed by atoms with Gasteiger partial charge < -0.3 is 0 Å². The smallest absolute Gasteiger partial charge is 0.240 e. The third-order valence-corrected chi connectivity index (χ3v) is 5.25. The number of nitrogens with zero attached hydrogens (tertiary/aromatic N) is 1. The van der Waals surface area contributed by atoms with Crippen molar-refractivity contribution in [3.63, 3.8) is 0 Å². The summed E-state index contributed by atoms with van der Waals surface area (Å²) in [5.41, 5.74) is 3.57. The van der Waals surface area contributed by atoms with Crippen LogP contribution in [-0.4, -0.2) is 12.1 Å². The van der Waals surface area contributed by atoms with Crippen LogP contribution in [0.3, 0.4) is 0 Å². The molecule has 0 fully saturated rings. The quantitative estimate of drug-likeness (QED) is 0.164. The summed E-state index contributed by atoms with van der Waals surface area (Å²) in [5.74, 6) is 0.00400. The molecular weight excluding hydrogens is 400 g/mol. The van der Waals surface area contributed by atoms with E-state index in [1.807, 2.05) is 24.3 Å². The number of halogens is 1. The molecule has 0 aliphatic heterocycles.